The molecule has 2 aromatic carbocycles. The second-order valence-corrected chi connectivity index (χ2v) is 4.13. The molecule has 0 radical (unpaired) electrons. The molecule has 0 heterocycles. The van der Waals surface area contributed by atoms with Crippen LogP contribution in [0.25, 0.3) is 0 Å². The van der Waals surface area contributed by atoms with E-state index in [2.05, 4.69) is 0 Å². The van der Waals surface area contributed by atoms with E-state index >= 15 is 0 Å². The maximum atomic E-state index is 13.5. The van der Waals surface area contributed by atoms with Crippen molar-refractivity contribution in [1.29, 1.82) is 0 Å². The number of para-hydroxylation sites is 1. The molecule has 0 aliphatic heterocycles. The Kier molecular flexibility index (Phi) is 3.87. The van der Waals surface area contributed by atoms with Crippen LogP contribution in [-0.4, -0.2) is 10.0 Å². The van der Waals surface area contributed by atoms with Gasteiger partial charge in [0.05, 0.1) is 11.0 Å². The summed E-state index contributed by atoms with van der Waals surface area (Å²) in [5.41, 5.74) is 0.446. The van der Waals surface area contributed by atoms with Gasteiger partial charge in [-0.25, -0.2) is 4.39 Å². The first-order chi connectivity index (χ1) is 9.09. The van der Waals surface area contributed by atoms with Gasteiger partial charge in [0.15, 0.2) is 0 Å². The first kappa shape index (κ1) is 13.2. The zero-order valence-corrected chi connectivity index (χ0v) is 9.99. The van der Waals surface area contributed by atoms with Gasteiger partial charge in [-0.15, -0.1) is 0 Å². The third-order valence-corrected chi connectivity index (χ3v) is 2.87. The molecule has 0 fully saturated rings. The standard InChI is InChI=1S/C14H12FNO3/c15-12-7-3-2-6-11(12)14(17)9-10-5-1-4-8-13(10)16(18)19/h1-8,14,17H,9H2. The maximum Gasteiger partial charge on any atom is 0.272 e. The molecule has 0 aromatic heterocycles. The van der Waals surface area contributed by atoms with Gasteiger partial charge in [-0.05, 0) is 6.07 Å². The van der Waals surface area contributed by atoms with Crippen LogP contribution in [0, 0.1) is 15.9 Å². The Morgan fingerprint density at radius 2 is 1.79 bits per heavy atom. The lowest BCUT2D eigenvalue weighted by atomic mass is 10.00. The van der Waals surface area contributed by atoms with Crippen molar-refractivity contribution in [3.8, 4) is 0 Å². The Labute approximate surface area is 109 Å². The molecule has 1 atom stereocenters. The molecule has 0 saturated carbocycles. The highest BCUT2D eigenvalue weighted by atomic mass is 19.1. The smallest absolute Gasteiger partial charge is 0.272 e. The Morgan fingerprint density at radius 1 is 1.16 bits per heavy atom. The van der Waals surface area contributed by atoms with E-state index in [1.54, 1.807) is 24.3 Å². The second-order valence-electron chi connectivity index (χ2n) is 4.13. The van der Waals surface area contributed by atoms with E-state index in [-0.39, 0.29) is 17.7 Å². The molecule has 98 valence electrons. The van der Waals surface area contributed by atoms with Crippen LogP contribution in [0.3, 0.4) is 0 Å². The predicted octanol–water partition coefficient (Wildman–Crippen LogP) is 3.01. The fourth-order valence-electron chi connectivity index (χ4n) is 1.93. The molecule has 0 saturated heterocycles. The number of aliphatic hydroxyl groups excluding tert-OH is 1. The number of halogens is 1. The van der Waals surface area contributed by atoms with E-state index in [1.807, 2.05) is 0 Å². The van der Waals surface area contributed by atoms with Gasteiger partial charge < -0.3 is 5.11 Å². The molecule has 0 aliphatic rings. The average molecular weight is 261 g/mol. The first-order valence-electron chi connectivity index (χ1n) is 5.74. The van der Waals surface area contributed by atoms with Crippen LogP contribution < -0.4 is 0 Å². The number of nitro groups is 1. The molecule has 2 rings (SSSR count). The summed E-state index contributed by atoms with van der Waals surface area (Å²) in [4.78, 5) is 10.3. The van der Waals surface area contributed by atoms with E-state index in [1.165, 1.54) is 24.3 Å². The van der Waals surface area contributed by atoms with Crippen LogP contribution in [0.1, 0.15) is 17.2 Å². The molecule has 19 heavy (non-hydrogen) atoms. The number of hydrogen-bond donors (Lipinski definition) is 1. The van der Waals surface area contributed by atoms with Crippen LogP contribution in [0.15, 0.2) is 48.5 Å². The van der Waals surface area contributed by atoms with Crippen LogP contribution in [-0.2, 0) is 6.42 Å². The van der Waals surface area contributed by atoms with Crippen molar-refractivity contribution < 1.29 is 14.4 Å². The second kappa shape index (κ2) is 5.58. The molecule has 0 bridgehead atoms. The van der Waals surface area contributed by atoms with Gasteiger partial charge in [0.2, 0.25) is 0 Å². The zero-order chi connectivity index (χ0) is 13.8. The van der Waals surface area contributed by atoms with Gasteiger partial charge in [-0.2, -0.15) is 0 Å². The highest BCUT2D eigenvalue weighted by Gasteiger charge is 2.18. The van der Waals surface area contributed by atoms with E-state index in [0.29, 0.717) is 5.56 Å². The lowest BCUT2D eigenvalue weighted by molar-refractivity contribution is -0.385. The SMILES string of the molecule is O=[N+]([O-])c1ccccc1CC(O)c1ccccc1F. The van der Waals surface area contributed by atoms with Gasteiger partial charge in [0.25, 0.3) is 5.69 Å². The van der Waals surface area contributed by atoms with Crippen molar-refractivity contribution in [3.05, 3.63) is 75.6 Å². The summed E-state index contributed by atoms with van der Waals surface area (Å²) in [6.45, 7) is 0. The number of aliphatic hydroxyl groups is 1. The van der Waals surface area contributed by atoms with Crippen LogP contribution in [0.4, 0.5) is 10.1 Å². The minimum Gasteiger partial charge on any atom is -0.388 e. The summed E-state index contributed by atoms with van der Waals surface area (Å²) < 4.78 is 13.5. The molecular formula is C14H12FNO3. The number of rotatable bonds is 4. The van der Waals surface area contributed by atoms with E-state index in [0.717, 1.165) is 0 Å². The molecule has 5 heteroatoms. The van der Waals surface area contributed by atoms with E-state index in [9.17, 15) is 19.6 Å². The van der Waals surface area contributed by atoms with Gasteiger partial charge in [-0.1, -0.05) is 36.4 Å². The lowest BCUT2D eigenvalue weighted by Crippen LogP contribution is -2.06. The Bertz CT molecular complexity index is 601. The van der Waals surface area contributed by atoms with Crippen LogP contribution in [0.2, 0.25) is 0 Å². The summed E-state index contributed by atoms with van der Waals surface area (Å²) >= 11 is 0. The molecule has 4 nitrogen and oxygen atoms in total. The monoisotopic (exact) mass is 261 g/mol. The molecule has 0 aliphatic carbocycles. The Morgan fingerprint density at radius 3 is 2.47 bits per heavy atom. The number of benzene rings is 2. The molecule has 0 amide bonds. The predicted molar refractivity (Wildman–Crippen MR) is 68.2 cm³/mol. The first-order valence-corrected chi connectivity index (χ1v) is 5.74. The number of nitrogens with zero attached hydrogens (tertiary/aromatic N) is 1. The normalized spacial score (nSPS) is 12.1. The molecule has 1 N–H and O–H groups in total. The van der Waals surface area contributed by atoms with Crippen LogP contribution in [0.5, 0.6) is 0 Å². The fourth-order valence-corrected chi connectivity index (χ4v) is 1.93. The minimum absolute atomic E-state index is 0.00190. The van der Waals surface area contributed by atoms with Crippen molar-refractivity contribution in [2.75, 3.05) is 0 Å². The third kappa shape index (κ3) is 2.95. The average Bonchev–Trinajstić information content (AvgIpc) is 2.39. The molecule has 0 spiro atoms. The third-order valence-electron chi connectivity index (χ3n) is 2.87. The number of nitro benzene ring substituents is 1. The quantitative estimate of drug-likeness (QED) is 0.679. The fraction of sp³-hybridized carbons (Fsp3) is 0.143. The highest BCUT2D eigenvalue weighted by Crippen LogP contribution is 2.26. The van der Waals surface area contributed by atoms with Crippen molar-refractivity contribution in [3.63, 3.8) is 0 Å². The molecule has 1 unspecified atom stereocenters. The van der Waals surface area contributed by atoms with E-state index < -0.39 is 16.8 Å². The van der Waals surface area contributed by atoms with Crippen molar-refractivity contribution >= 4 is 5.69 Å². The van der Waals surface area contributed by atoms with Gasteiger partial charge in [-0.3, -0.25) is 10.1 Å². The van der Waals surface area contributed by atoms with Crippen molar-refractivity contribution in [1.82, 2.24) is 0 Å². The Balaban J connectivity index is 2.27. The van der Waals surface area contributed by atoms with Crippen molar-refractivity contribution in [2.24, 2.45) is 0 Å². The Hall–Kier alpha value is -2.27. The molecule has 2 aromatic rings. The largest absolute Gasteiger partial charge is 0.388 e. The summed E-state index contributed by atoms with van der Waals surface area (Å²) in [7, 11) is 0. The topological polar surface area (TPSA) is 63.4 Å². The van der Waals surface area contributed by atoms with Crippen molar-refractivity contribution in [2.45, 2.75) is 12.5 Å². The highest BCUT2D eigenvalue weighted by molar-refractivity contribution is 5.40. The van der Waals surface area contributed by atoms with Gasteiger partial charge >= 0.3 is 0 Å². The van der Waals surface area contributed by atoms with Gasteiger partial charge in [0, 0.05) is 23.6 Å². The van der Waals surface area contributed by atoms with E-state index in [4.69, 9.17) is 0 Å². The summed E-state index contributed by atoms with van der Waals surface area (Å²) in [6, 6.07) is 12.0. The summed E-state index contributed by atoms with van der Waals surface area (Å²) in [5.74, 6) is -0.520. The number of hydrogen-bond acceptors (Lipinski definition) is 3. The molecular weight excluding hydrogens is 249 g/mol. The minimum atomic E-state index is -1.11. The lowest BCUT2D eigenvalue weighted by Gasteiger charge is -2.12. The van der Waals surface area contributed by atoms with Gasteiger partial charge in [0.1, 0.15) is 5.82 Å². The maximum absolute atomic E-state index is 13.5. The summed E-state index contributed by atoms with van der Waals surface area (Å²) in [6.07, 6.45) is -1.11. The summed E-state index contributed by atoms with van der Waals surface area (Å²) in [5, 5.41) is 20.9. The van der Waals surface area contributed by atoms with Crippen LogP contribution >= 0.6 is 0 Å². The zero-order valence-electron chi connectivity index (χ0n) is 9.99.